The summed E-state index contributed by atoms with van der Waals surface area (Å²) in [6.45, 7) is 6.98. The molecule has 4 aliphatic rings. The second kappa shape index (κ2) is 5.33. The number of rotatable bonds is 2. The number of hydrogen-bond acceptors (Lipinski definition) is 2. The van der Waals surface area contributed by atoms with Crippen molar-refractivity contribution in [3.8, 4) is 0 Å². The predicted octanol–water partition coefficient (Wildman–Crippen LogP) is 4.31. The van der Waals surface area contributed by atoms with Crippen LogP contribution in [0.4, 0.5) is 0 Å². The lowest BCUT2D eigenvalue weighted by Gasteiger charge is -2.58. The molecule has 8 atom stereocenters. The topological polar surface area (TPSA) is 40.5 Å². The lowest BCUT2D eigenvalue weighted by Crippen LogP contribution is -2.51. The van der Waals surface area contributed by atoms with Crippen molar-refractivity contribution in [2.24, 2.45) is 34.5 Å². The molecule has 0 aromatic rings. The molecule has 7 unspecified atom stereocenters. The summed E-state index contributed by atoms with van der Waals surface area (Å²) in [4.78, 5) is 0. The molecule has 23 heavy (non-hydrogen) atoms. The van der Waals surface area contributed by atoms with E-state index in [9.17, 15) is 5.11 Å². The van der Waals surface area contributed by atoms with Crippen molar-refractivity contribution < 1.29 is 10.2 Å². The molecule has 4 aliphatic carbocycles. The number of allylic oxidation sites excluding steroid dienone is 1. The molecule has 3 saturated carbocycles. The van der Waals surface area contributed by atoms with E-state index in [1.807, 2.05) is 6.92 Å². The van der Waals surface area contributed by atoms with Gasteiger partial charge in [-0.3, -0.25) is 0 Å². The molecule has 0 saturated heterocycles. The van der Waals surface area contributed by atoms with Gasteiger partial charge in [-0.15, -0.1) is 0 Å². The van der Waals surface area contributed by atoms with E-state index in [1.165, 1.54) is 38.5 Å². The van der Waals surface area contributed by atoms with E-state index in [2.05, 4.69) is 19.9 Å². The minimum absolute atomic E-state index is 0.112. The molecule has 0 radical (unpaired) electrons. The lowest BCUT2D eigenvalue weighted by molar-refractivity contribution is -0.0675. The molecule has 4 rings (SSSR count). The largest absolute Gasteiger partial charge is 0.393 e. The van der Waals surface area contributed by atoms with Crippen molar-refractivity contribution in [3.05, 3.63) is 11.6 Å². The first-order valence-corrected chi connectivity index (χ1v) is 9.89. The van der Waals surface area contributed by atoms with Gasteiger partial charge in [-0.05, 0) is 92.8 Å². The summed E-state index contributed by atoms with van der Waals surface area (Å²) >= 11 is 0. The number of fused-ring (bicyclic) bond motifs is 5. The molecule has 0 spiro atoms. The Labute approximate surface area is 142 Å². The Morgan fingerprint density at radius 1 is 1.17 bits per heavy atom. The summed E-state index contributed by atoms with van der Waals surface area (Å²) < 4.78 is 7.28. The van der Waals surface area contributed by atoms with Crippen LogP contribution in [0.25, 0.3) is 0 Å². The molecule has 130 valence electrons. The van der Waals surface area contributed by atoms with Gasteiger partial charge in [0.2, 0.25) is 1.43 Å². The quantitative estimate of drug-likeness (QED) is 0.745. The van der Waals surface area contributed by atoms with E-state index in [0.29, 0.717) is 16.7 Å². The summed E-state index contributed by atoms with van der Waals surface area (Å²) in [5.41, 5.74) is 2.27. The highest BCUT2D eigenvalue weighted by Crippen LogP contribution is 2.66. The van der Waals surface area contributed by atoms with Crippen molar-refractivity contribution in [2.75, 3.05) is 0 Å². The van der Waals surface area contributed by atoms with Gasteiger partial charge in [0.25, 0.3) is 0 Å². The summed E-state index contributed by atoms with van der Waals surface area (Å²) in [5.74, 6) is 2.88. The van der Waals surface area contributed by atoms with Gasteiger partial charge in [0, 0.05) is 0 Å². The van der Waals surface area contributed by atoms with Crippen LogP contribution in [-0.2, 0) is 0 Å². The maximum atomic E-state index is 10.3. The average molecular weight is 320 g/mol. The summed E-state index contributed by atoms with van der Waals surface area (Å²) in [6, 6.07) is 0. The van der Waals surface area contributed by atoms with E-state index in [0.717, 1.165) is 30.6 Å². The molecule has 3 fully saturated rings. The normalized spacial score (nSPS) is 54.3. The van der Waals surface area contributed by atoms with Crippen LogP contribution >= 0.6 is 0 Å². The van der Waals surface area contributed by atoms with Crippen molar-refractivity contribution in [1.29, 1.82) is 1.43 Å². The van der Waals surface area contributed by atoms with Crippen LogP contribution in [-0.4, -0.2) is 23.9 Å². The molecule has 0 aliphatic heterocycles. The van der Waals surface area contributed by atoms with E-state index in [1.54, 1.807) is 5.57 Å². The monoisotopic (exact) mass is 319 g/mol. The van der Waals surface area contributed by atoms with E-state index >= 15 is 0 Å². The Bertz CT molecular complexity index is 530. The first kappa shape index (κ1) is 15.0. The van der Waals surface area contributed by atoms with Gasteiger partial charge >= 0.3 is 0 Å². The number of aliphatic hydroxyl groups excluding tert-OH is 2. The zero-order chi connectivity index (χ0) is 17.1. The van der Waals surface area contributed by atoms with Gasteiger partial charge in [0.1, 0.15) is 0 Å². The smallest absolute Gasteiger partial charge is 0.210 e. The Hall–Kier alpha value is -0.340. The molecule has 2 N–H and O–H groups in total. The zero-order valence-electron chi connectivity index (χ0n) is 16.1. The van der Waals surface area contributed by atoms with E-state index in [-0.39, 0.29) is 12.2 Å². The van der Waals surface area contributed by atoms with Gasteiger partial charge in [-0.25, -0.2) is 0 Å². The van der Waals surface area contributed by atoms with Crippen molar-refractivity contribution in [2.45, 2.75) is 84.3 Å². The zero-order valence-corrected chi connectivity index (χ0v) is 15.1. The minimum atomic E-state index is -0.161. The van der Waals surface area contributed by atoms with Gasteiger partial charge in [-0.2, -0.15) is 0 Å². The molecule has 0 heterocycles. The molecule has 0 amide bonds. The van der Waals surface area contributed by atoms with Crippen LogP contribution in [0.2, 0.25) is 0 Å². The fraction of sp³-hybridized carbons (Fsp3) is 0.905. The van der Waals surface area contributed by atoms with Crippen LogP contribution in [0, 0.1) is 34.5 Å². The Balaban J connectivity index is 1.62. The van der Waals surface area contributed by atoms with Crippen LogP contribution in [0.3, 0.4) is 0 Å². The third-order valence-corrected chi connectivity index (χ3v) is 8.71. The third-order valence-electron chi connectivity index (χ3n) is 8.71. The molecule has 0 aromatic carbocycles. The second-order valence-corrected chi connectivity index (χ2v) is 9.59. The van der Waals surface area contributed by atoms with Gasteiger partial charge in [0.15, 0.2) is 0 Å². The Kier molecular flexibility index (Phi) is 3.46. The first-order valence-electron chi connectivity index (χ1n) is 10.3. The van der Waals surface area contributed by atoms with Crippen LogP contribution < -0.4 is 0 Å². The third kappa shape index (κ3) is 2.20. The highest BCUT2D eigenvalue weighted by molar-refractivity contribution is 5.25. The average Bonchev–Trinajstić information content (AvgIpc) is 2.91. The predicted molar refractivity (Wildman–Crippen MR) is 92.9 cm³/mol. The van der Waals surface area contributed by atoms with Crippen molar-refractivity contribution >= 4 is 0 Å². The lowest BCUT2D eigenvalue weighted by atomic mass is 9.47. The summed E-state index contributed by atoms with van der Waals surface area (Å²) in [7, 11) is 0. The molecule has 2 nitrogen and oxygen atoms in total. The Morgan fingerprint density at radius 3 is 2.74 bits per heavy atom. The maximum Gasteiger partial charge on any atom is 0.210 e. The second-order valence-electron chi connectivity index (χ2n) is 9.59. The van der Waals surface area contributed by atoms with Crippen LogP contribution in [0.5, 0.6) is 0 Å². The Morgan fingerprint density at radius 2 is 2.00 bits per heavy atom. The standard InChI is InChI=1S/C21H34O2/c1-13(22)17-6-7-18-16-5-4-14-12-15(23)8-10-20(14,2)19(16)9-11-21(17,18)3/h4,13,15-19,22-23H,5-12H2,1-3H3/t13-,15?,16?,17?,18?,19?,20?,21?/m0/s1/i23D. The van der Waals surface area contributed by atoms with E-state index in [4.69, 9.17) is 6.54 Å². The highest BCUT2D eigenvalue weighted by atomic mass is 16.3. The maximum absolute atomic E-state index is 10.3. The van der Waals surface area contributed by atoms with Crippen LogP contribution in [0.15, 0.2) is 11.6 Å². The van der Waals surface area contributed by atoms with Crippen molar-refractivity contribution in [1.82, 2.24) is 0 Å². The summed E-state index contributed by atoms with van der Waals surface area (Å²) in [5, 5.41) is 15.2. The van der Waals surface area contributed by atoms with Crippen molar-refractivity contribution in [3.63, 3.8) is 0 Å². The first-order chi connectivity index (χ1) is 11.4. The van der Waals surface area contributed by atoms with Gasteiger partial charge < -0.3 is 10.2 Å². The summed E-state index contributed by atoms with van der Waals surface area (Å²) in [6.07, 6.45) is 12.0. The number of hydrogen-bond donors (Lipinski definition) is 2. The SMILES string of the molecule is [2H]OC1CCC2(C)C(=CCC3C2CCC2(C)C3CCC2[C@H](C)O)C1. The molecular formula is C21H34O2. The fourth-order valence-electron chi connectivity index (χ4n) is 7.46. The molecular weight excluding hydrogens is 284 g/mol. The molecule has 0 bridgehead atoms. The van der Waals surface area contributed by atoms with E-state index < -0.39 is 0 Å². The molecule has 0 aromatic heterocycles. The number of aliphatic hydroxyl groups is 2. The van der Waals surface area contributed by atoms with Crippen LogP contribution in [0.1, 0.15) is 72.1 Å². The molecule has 2 heteroatoms. The highest BCUT2D eigenvalue weighted by Gasteiger charge is 2.59. The fourth-order valence-corrected chi connectivity index (χ4v) is 7.46. The minimum Gasteiger partial charge on any atom is -0.393 e. The van der Waals surface area contributed by atoms with Gasteiger partial charge in [-0.1, -0.05) is 25.5 Å². The van der Waals surface area contributed by atoms with Gasteiger partial charge in [0.05, 0.1) is 12.2 Å².